The van der Waals surface area contributed by atoms with E-state index in [1.807, 2.05) is 0 Å². The monoisotopic (exact) mass is 326 g/mol. The molecule has 3 fully saturated rings. The first-order chi connectivity index (χ1) is 11.5. The lowest BCUT2D eigenvalue weighted by Crippen LogP contribution is -2.64. The van der Waals surface area contributed by atoms with Gasteiger partial charge in [-0.1, -0.05) is 38.5 Å². The first-order valence-corrected chi connectivity index (χ1v) is 9.74. The Bertz CT molecular complexity index is 676. The lowest BCUT2D eigenvalue weighted by molar-refractivity contribution is -0.0187. The molecule has 8 atom stereocenters. The van der Waals surface area contributed by atoms with Crippen LogP contribution in [0.5, 0.6) is 0 Å². The Hall–Kier alpha value is -1.06. The molecule has 2 saturated heterocycles. The fourth-order valence-corrected chi connectivity index (χ4v) is 7.20. The molecule has 1 aromatic carbocycles. The van der Waals surface area contributed by atoms with Crippen molar-refractivity contribution in [1.29, 1.82) is 0 Å². The third kappa shape index (κ3) is 1.48. The molecule has 3 aliphatic heterocycles. The molecule has 1 saturated carbocycles. The van der Waals surface area contributed by atoms with E-state index in [9.17, 15) is 5.11 Å². The number of fused-ring (bicyclic) bond motifs is 3. The van der Waals surface area contributed by atoms with E-state index in [-0.39, 0.29) is 11.5 Å². The van der Waals surface area contributed by atoms with Crippen molar-refractivity contribution >= 4 is 5.69 Å². The van der Waals surface area contributed by atoms with Crippen LogP contribution in [-0.2, 0) is 5.41 Å². The number of rotatable bonds is 2. The molecule has 0 aromatic heterocycles. The van der Waals surface area contributed by atoms with Gasteiger partial charge >= 0.3 is 0 Å². The summed E-state index contributed by atoms with van der Waals surface area (Å²) in [5.41, 5.74) is 2.73. The first kappa shape index (κ1) is 15.2. The Balaban J connectivity index is 1.71. The minimum Gasteiger partial charge on any atom is -0.392 e. The maximum atomic E-state index is 11.7. The van der Waals surface area contributed by atoms with E-state index in [1.165, 1.54) is 24.1 Å². The largest absolute Gasteiger partial charge is 0.392 e. The van der Waals surface area contributed by atoms with E-state index in [4.69, 9.17) is 0 Å². The summed E-state index contributed by atoms with van der Waals surface area (Å²) in [7, 11) is 4.57. The molecule has 1 spiro atoms. The maximum Gasteiger partial charge on any atom is 0.0704 e. The van der Waals surface area contributed by atoms with Gasteiger partial charge in [-0.2, -0.15) is 0 Å². The van der Waals surface area contributed by atoms with Crippen molar-refractivity contribution in [2.45, 2.75) is 62.8 Å². The fourth-order valence-electron chi connectivity index (χ4n) is 7.20. The molecule has 1 aliphatic carbocycles. The van der Waals surface area contributed by atoms with E-state index >= 15 is 0 Å². The van der Waals surface area contributed by atoms with Gasteiger partial charge in [0, 0.05) is 36.2 Å². The van der Waals surface area contributed by atoms with Gasteiger partial charge in [0.05, 0.1) is 12.1 Å². The maximum absolute atomic E-state index is 11.7. The molecule has 5 rings (SSSR count). The molecule has 24 heavy (non-hydrogen) atoms. The van der Waals surface area contributed by atoms with Gasteiger partial charge in [0.2, 0.25) is 0 Å². The smallest absolute Gasteiger partial charge is 0.0704 e. The molecule has 130 valence electrons. The van der Waals surface area contributed by atoms with Crippen molar-refractivity contribution in [2.24, 2.45) is 17.8 Å². The summed E-state index contributed by atoms with van der Waals surface area (Å²) in [5, 5.41) is 11.7. The Labute approximate surface area is 145 Å². The lowest BCUT2D eigenvalue weighted by Gasteiger charge is -2.53. The fraction of sp³-hybridized carbons (Fsp3) is 0.714. The second-order valence-electron chi connectivity index (χ2n) is 8.92. The number of hydrogen-bond donors (Lipinski definition) is 1. The Morgan fingerprint density at radius 2 is 2.00 bits per heavy atom. The third-order valence-corrected chi connectivity index (χ3v) is 8.41. The van der Waals surface area contributed by atoms with E-state index < -0.39 is 0 Å². The van der Waals surface area contributed by atoms with Gasteiger partial charge in [-0.05, 0) is 43.4 Å². The highest BCUT2D eigenvalue weighted by atomic mass is 16.3. The quantitative estimate of drug-likeness (QED) is 0.905. The number of anilines is 1. The van der Waals surface area contributed by atoms with Gasteiger partial charge < -0.3 is 10.0 Å². The highest BCUT2D eigenvalue weighted by Gasteiger charge is 2.72. The number of aliphatic hydroxyl groups excluding tert-OH is 1. The predicted molar refractivity (Wildman–Crippen MR) is 97.3 cm³/mol. The summed E-state index contributed by atoms with van der Waals surface area (Å²) in [6.07, 6.45) is 3.40. The molecule has 3 heterocycles. The number of hydrogen-bond acceptors (Lipinski definition) is 3. The third-order valence-electron chi connectivity index (χ3n) is 8.41. The minimum absolute atomic E-state index is 0.0416. The molecule has 0 amide bonds. The molecule has 0 radical (unpaired) electrons. The molecule has 3 bridgehead atoms. The zero-order chi connectivity index (χ0) is 16.8. The predicted octanol–water partition coefficient (Wildman–Crippen LogP) is 2.87. The number of piperidine rings is 2. The normalized spacial score (nSPS) is 47.0. The second-order valence-corrected chi connectivity index (χ2v) is 8.92. The first-order valence-electron chi connectivity index (χ1n) is 9.74. The van der Waals surface area contributed by atoms with Crippen molar-refractivity contribution in [3.63, 3.8) is 0 Å². The van der Waals surface area contributed by atoms with Crippen LogP contribution in [0.2, 0.25) is 0 Å². The minimum atomic E-state index is -0.201. The second kappa shape index (κ2) is 4.76. The van der Waals surface area contributed by atoms with Gasteiger partial charge in [-0.15, -0.1) is 0 Å². The highest BCUT2D eigenvalue weighted by Crippen LogP contribution is 2.65. The van der Waals surface area contributed by atoms with Gasteiger partial charge in [0.25, 0.3) is 0 Å². The molecule has 4 aliphatic rings. The van der Waals surface area contributed by atoms with E-state index in [1.54, 1.807) is 0 Å². The van der Waals surface area contributed by atoms with Crippen LogP contribution in [0.3, 0.4) is 0 Å². The molecular weight excluding hydrogens is 296 g/mol. The average molecular weight is 326 g/mol. The van der Waals surface area contributed by atoms with Gasteiger partial charge in [0.1, 0.15) is 0 Å². The van der Waals surface area contributed by atoms with Crippen molar-refractivity contribution in [3.05, 3.63) is 29.8 Å². The van der Waals surface area contributed by atoms with Crippen molar-refractivity contribution in [3.8, 4) is 0 Å². The molecule has 1 N–H and O–H groups in total. The molecule has 1 unspecified atom stereocenters. The number of para-hydroxylation sites is 1. The Morgan fingerprint density at radius 3 is 2.75 bits per heavy atom. The summed E-state index contributed by atoms with van der Waals surface area (Å²) in [6.45, 7) is 4.71. The van der Waals surface area contributed by atoms with E-state index in [2.05, 4.69) is 62.0 Å². The summed E-state index contributed by atoms with van der Waals surface area (Å²) >= 11 is 0. The molecular formula is C21H30N2O. The summed E-state index contributed by atoms with van der Waals surface area (Å²) in [6, 6.07) is 10.4. The molecule has 3 nitrogen and oxygen atoms in total. The topological polar surface area (TPSA) is 26.7 Å². The zero-order valence-corrected chi connectivity index (χ0v) is 15.3. The molecule has 3 heteroatoms. The SMILES string of the molecule is CC[C@@H](C)[C@@H]1C[C@H]2[C@@H]3N(C)c4ccccc4[C@]34C[C@@H]([C@H]1C4O)N2C. The number of nitrogens with zero attached hydrogens (tertiary/aromatic N) is 2. The van der Waals surface area contributed by atoms with Crippen LogP contribution in [0.1, 0.15) is 38.7 Å². The van der Waals surface area contributed by atoms with Crippen LogP contribution in [0, 0.1) is 17.8 Å². The van der Waals surface area contributed by atoms with Crippen LogP contribution >= 0.6 is 0 Å². The van der Waals surface area contributed by atoms with Crippen LogP contribution in [0.4, 0.5) is 5.69 Å². The lowest BCUT2D eigenvalue weighted by atomic mass is 9.67. The van der Waals surface area contributed by atoms with Gasteiger partial charge in [0.15, 0.2) is 0 Å². The van der Waals surface area contributed by atoms with Gasteiger partial charge in [-0.25, -0.2) is 0 Å². The Morgan fingerprint density at radius 1 is 1.25 bits per heavy atom. The van der Waals surface area contributed by atoms with Gasteiger partial charge in [-0.3, -0.25) is 4.90 Å². The van der Waals surface area contributed by atoms with E-state index in [0.717, 1.165) is 6.42 Å². The van der Waals surface area contributed by atoms with Crippen molar-refractivity contribution < 1.29 is 5.11 Å². The number of benzene rings is 1. The summed E-state index contributed by atoms with van der Waals surface area (Å²) < 4.78 is 0. The highest BCUT2D eigenvalue weighted by molar-refractivity contribution is 5.67. The average Bonchev–Trinajstić information content (AvgIpc) is 2.96. The van der Waals surface area contributed by atoms with Crippen molar-refractivity contribution in [2.75, 3.05) is 19.0 Å². The standard InChI is InChI=1S/C21H30N2O/c1-5-12(2)13-10-16-19-21(11-17(22(16)3)18(13)20(21)24)14-8-6-7-9-15(14)23(19)4/h6-9,12-13,16-20,24H,5,10-11H2,1-4H3/t12-,13+,16+,17+,18+,19+,20?,21-/m1/s1. The summed E-state index contributed by atoms with van der Waals surface area (Å²) in [4.78, 5) is 5.13. The number of aliphatic hydroxyl groups is 1. The van der Waals surface area contributed by atoms with Crippen LogP contribution < -0.4 is 4.90 Å². The zero-order valence-electron chi connectivity index (χ0n) is 15.3. The van der Waals surface area contributed by atoms with Crippen molar-refractivity contribution in [1.82, 2.24) is 4.90 Å². The summed E-state index contributed by atoms with van der Waals surface area (Å²) in [5.74, 6) is 1.81. The van der Waals surface area contributed by atoms with Crippen LogP contribution in [0.25, 0.3) is 0 Å². The number of likely N-dealkylation sites (N-methyl/N-ethyl adjacent to an activating group) is 2. The van der Waals surface area contributed by atoms with Crippen LogP contribution in [-0.4, -0.2) is 48.3 Å². The van der Waals surface area contributed by atoms with Crippen LogP contribution in [0.15, 0.2) is 24.3 Å². The Kier molecular flexibility index (Phi) is 3.02. The van der Waals surface area contributed by atoms with E-state index in [0.29, 0.717) is 35.9 Å². The molecule has 1 aromatic rings.